The van der Waals surface area contributed by atoms with Gasteiger partial charge in [-0.2, -0.15) is 0 Å². The molecule has 0 aliphatic carbocycles. The third-order valence-electron chi connectivity index (χ3n) is 7.52. The molecule has 2 aliphatic rings. The fourth-order valence-electron chi connectivity index (χ4n) is 5.18. The van der Waals surface area contributed by atoms with E-state index in [-0.39, 0.29) is 30.2 Å². The number of carbonyl (C=O) groups excluding carboxylic acids is 1. The maximum atomic E-state index is 13.4. The summed E-state index contributed by atoms with van der Waals surface area (Å²) in [5.41, 5.74) is 5.33. The van der Waals surface area contributed by atoms with Gasteiger partial charge >= 0.3 is 0 Å². The molecule has 2 aromatic carbocycles. The Kier molecular flexibility index (Phi) is 7.18. The summed E-state index contributed by atoms with van der Waals surface area (Å²) in [5.74, 6) is -0.100. The van der Waals surface area contributed by atoms with Crippen molar-refractivity contribution in [1.82, 2.24) is 14.9 Å². The van der Waals surface area contributed by atoms with E-state index in [4.69, 9.17) is 9.47 Å². The summed E-state index contributed by atoms with van der Waals surface area (Å²) in [6.45, 7) is 6.06. The van der Waals surface area contributed by atoms with E-state index < -0.39 is 6.10 Å². The van der Waals surface area contributed by atoms with Crippen molar-refractivity contribution in [3.63, 3.8) is 0 Å². The number of carbonyl (C=O) groups is 1. The lowest BCUT2D eigenvalue weighted by molar-refractivity contribution is -0.0395. The van der Waals surface area contributed by atoms with Crippen molar-refractivity contribution >= 4 is 16.8 Å². The number of aromatic nitrogens is 2. The van der Waals surface area contributed by atoms with E-state index in [0.717, 1.165) is 41.7 Å². The summed E-state index contributed by atoms with van der Waals surface area (Å²) in [5, 5.41) is 13.9. The zero-order chi connectivity index (χ0) is 25.2. The molecule has 0 bridgehead atoms. The van der Waals surface area contributed by atoms with Crippen LogP contribution in [0.25, 0.3) is 10.9 Å². The number of aryl methyl sites for hydroxylation is 1. The van der Waals surface area contributed by atoms with Crippen LogP contribution in [0.1, 0.15) is 57.9 Å². The Morgan fingerprint density at radius 3 is 2.69 bits per heavy atom. The highest BCUT2D eigenvalue weighted by atomic mass is 16.5. The van der Waals surface area contributed by atoms with E-state index in [9.17, 15) is 14.7 Å². The first kappa shape index (κ1) is 24.6. The molecule has 5 rings (SSSR count). The molecule has 2 aliphatic heterocycles. The number of benzene rings is 2. The lowest BCUT2D eigenvalue weighted by Crippen LogP contribution is -2.39. The third-order valence-corrected chi connectivity index (χ3v) is 7.52. The SMILES string of the molecule is Cc1c(Cc2ccc(C(=O)NCC3CCCO3)cc2)cc2c(=O)n([C@H]3CCOC[C@@H]3O)cnc2c1C. The molecule has 190 valence electrons. The molecule has 0 saturated carbocycles. The fraction of sp³-hybridized carbons (Fsp3) is 0.464. The van der Waals surface area contributed by atoms with Crippen molar-refractivity contribution in [3.8, 4) is 0 Å². The van der Waals surface area contributed by atoms with Crippen LogP contribution >= 0.6 is 0 Å². The molecule has 3 atom stereocenters. The van der Waals surface area contributed by atoms with Crippen molar-refractivity contribution < 1.29 is 19.4 Å². The molecule has 2 saturated heterocycles. The van der Waals surface area contributed by atoms with Crippen LogP contribution in [0, 0.1) is 13.8 Å². The number of amides is 1. The van der Waals surface area contributed by atoms with Crippen molar-refractivity contribution in [3.05, 3.63) is 74.8 Å². The topological polar surface area (TPSA) is 103 Å². The van der Waals surface area contributed by atoms with Gasteiger partial charge in [-0.1, -0.05) is 12.1 Å². The minimum atomic E-state index is -0.733. The quantitative estimate of drug-likeness (QED) is 0.550. The van der Waals surface area contributed by atoms with E-state index in [2.05, 4.69) is 10.3 Å². The minimum absolute atomic E-state index is 0.100. The van der Waals surface area contributed by atoms with Gasteiger partial charge in [0.05, 0.1) is 42.1 Å². The lowest BCUT2D eigenvalue weighted by atomic mass is 9.94. The molecule has 36 heavy (non-hydrogen) atoms. The predicted molar refractivity (Wildman–Crippen MR) is 137 cm³/mol. The summed E-state index contributed by atoms with van der Waals surface area (Å²) in [6, 6.07) is 9.18. The van der Waals surface area contributed by atoms with Gasteiger partial charge in [-0.05, 0) is 80.0 Å². The molecule has 3 aromatic rings. The average Bonchev–Trinajstić information content (AvgIpc) is 3.41. The van der Waals surface area contributed by atoms with Gasteiger partial charge in [-0.25, -0.2) is 4.98 Å². The van der Waals surface area contributed by atoms with Crippen LogP contribution in [0.5, 0.6) is 0 Å². The number of fused-ring (bicyclic) bond motifs is 1. The Hall–Kier alpha value is -3.07. The van der Waals surface area contributed by atoms with E-state index in [0.29, 0.717) is 42.5 Å². The molecule has 8 heteroatoms. The van der Waals surface area contributed by atoms with Gasteiger partial charge in [0.1, 0.15) is 0 Å². The number of nitrogens with zero attached hydrogens (tertiary/aromatic N) is 2. The molecule has 3 heterocycles. The Balaban J connectivity index is 1.37. The van der Waals surface area contributed by atoms with Crippen LogP contribution in [0.2, 0.25) is 0 Å². The molecule has 1 amide bonds. The van der Waals surface area contributed by atoms with Gasteiger partial charge in [0.25, 0.3) is 11.5 Å². The Labute approximate surface area is 210 Å². The number of rotatable bonds is 6. The smallest absolute Gasteiger partial charge is 0.261 e. The van der Waals surface area contributed by atoms with Gasteiger partial charge in [-0.3, -0.25) is 14.2 Å². The molecule has 2 fully saturated rings. The lowest BCUT2D eigenvalue weighted by Gasteiger charge is -2.29. The summed E-state index contributed by atoms with van der Waals surface area (Å²) >= 11 is 0. The van der Waals surface area contributed by atoms with Crippen LogP contribution in [0.3, 0.4) is 0 Å². The Morgan fingerprint density at radius 1 is 1.17 bits per heavy atom. The largest absolute Gasteiger partial charge is 0.389 e. The second kappa shape index (κ2) is 10.5. The maximum absolute atomic E-state index is 13.4. The van der Waals surface area contributed by atoms with Crippen LogP contribution < -0.4 is 10.9 Å². The summed E-state index contributed by atoms with van der Waals surface area (Å²) in [7, 11) is 0. The first-order valence-electron chi connectivity index (χ1n) is 12.7. The predicted octanol–water partition coefficient (Wildman–Crippen LogP) is 2.84. The summed E-state index contributed by atoms with van der Waals surface area (Å²) < 4.78 is 12.4. The molecular weight excluding hydrogens is 458 g/mol. The molecular formula is C28H33N3O5. The van der Waals surface area contributed by atoms with Gasteiger partial charge in [0, 0.05) is 25.3 Å². The molecule has 8 nitrogen and oxygen atoms in total. The van der Waals surface area contributed by atoms with Crippen molar-refractivity contribution in [2.75, 3.05) is 26.4 Å². The van der Waals surface area contributed by atoms with E-state index in [1.807, 2.05) is 44.2 Å². The maximum Gasteiger partial charge on any atom is 0.261 e. The molecule has 2 N–H and O–H groups in total. The second-order valence-corrected chi connectivity index (χ2v) is 9.86. The van der Waals surface area contributed by atoms with Gasteiger partial charge < -0.3 is 19.9 Å². The number of hydrogen-bond donors (Lipinski definition) is 2. The number of aliphatic hydroxyl groups is 1. The summed E-state index contributed by atoms with van der Waals surface area (Å²) in [6.07, 6.45) is 4.17. The number of ether oxygens (including phenoxy) is 2. The van der Waals surface area contributed by atoms with Crippen LogP contribution in [-0.4, -0.2) is 59.1 Å². The van der Waals surface area contributed by atoms with Crippen molar-refractivity contribution in [2.24, 2.45) is 0 Å². The molecule has 0 radical (unpaired) electrons. The first-order chi connectivity index (χ1) is 17.4. The normalized spacial score (nSPS) is 22.1. The molecule has 1 aromatic heterocycles. The van der Waals surface area contributed by atoms with E-state index >= 15 is 0 Å². The molecule has 0 spiro atoms. The Morgan fingerprint density at radius 2 is 1.97 bits per heavy atom. The molecule has 1 unspecified atom stereocenters. The van der Waals surface area contributed by atoms with E-state index in [1.165, 1.54) is 0 Å². The second-order valence-electron chi connectivity index (χ2n) is 9.86. The van der Waals surface area contributed by atoms with Crippen LogP contribution in [0.15, 0.2) is 41.5 Å². The highest BCUT2D eigenvalue weighted by molar-refractivity contribution is 5.94. The average molecular weight is 492 g/mol. The van der Waals surface area contributed by atoms with Crippen LogP contribution in [-0.2, 0) is 15.9 Å². The third kappa shape index (κ3) is 4.93. The highest BCUT2D eigenvalue weighted by Crippen LogP contribution is 2.26. The van der Waals surface area contributed by atoms with E-state index in [1.54, 1.807) is 10.9 Å². The van der Waals surface area contributed by atoms with Crippen molar-refractivity contribution in [1.29, 1.82) is 0 Å². The zero-order valence-corrected chi connectivity index (χ0v) is 20.8. The van der Waals surface area contributed by atoms with Gasteiger partial charge in [-0.15, -0.1) is 0 Å². The number of aliphatic hydroxyl groups excluding tert-OH is 1. The monoisotopic (exact) mass is 491 g/mol. The Bertz CT molecular complexity index is 1310. The van der Waals surface area contributed by atoms with Gasteiger partial charge in [0.15, 0.2) is 0 Å². The fourth-order valence-corrected chi connectivity index (χ4v) is 5.18. The first-order valence-corrected chi connectivity index (χ1v) is 12.7. The minimum Gasteiger partial charge on any atom is -0.389 e. The van der Waals surface area contributed by atoms with Gasteiger partial charge in [0.2, 0.25) is 0 Å². The number of hydrogen-bond acceptors (Lipinski definition) is 6. The van der Waals surface area contributed by atoms with Crippen LogP contribution in [0.4, 0.5) is 0 Å². The standard InChI is InChI=1S/C28H33N3O5/c1-17-18(2)26-23(28(34)31(16-30-26)24-9-11-35-15-25(24)32)13-21(17)12-19-5-7-20(8-6-19)27(33)29-14-22-4-3-10-36-22/h5-8,13,16,22,24-25,32H,3-4,9-12,14-15H2,1-2H3,(H,29,33)/t22?,24-,25-/m0/s1. The number of nitrogens with one attached hydrogen (secondary N) is 1. The van der Waals surface area contributed by atoms with Crippen molar-refractivity contribution in [2.45, 2.75) is 57.8 Å². The highest BCUT2D eigenvalue weighted by Gasteiger charge is 2.27. The zero-order valence-electron chi connectivity index (χ0n) is 20.8. The summed E-state index contributed by atoms with van der Waals surface area (Å²) in [4.78, 5) is 30.5.